The van der Waals surface area contributed by atoms with E-state index in [1.54, 1.807) is 36.4 Å². The van der Waals surface area contributed by atoms with Gasteiger partial charge in [0.1, 0.15) is 11.7 Å². The molecule has 0 spiro atoms. The number of nitrogens with one attached hydrogen (secondary N) is 2. The van der Waals surface area contributed by atoms with Crippen LogP contribution in [0.25, 0.3) is 0 Å². The molecule has 0 radical (unpaired) electrons. The van der Waals surface area contributed by atoms with Gasteiger partial charge in [0.2, 0.25) is 0 Å². The molecule has 6 nitrogen and oxygen atoms in total. The van der Waals surface area contributed by atoms with E-state index >= 15 is 0 Å². The van der Waals surface area contributed by atoms with Gasteiger partial charge in [0.05, 0.1) is 24.1 Å². The summed E-state index contributed by atoms with van der Waals surface area (Å²) in [5.74, 6) is 0.806. The highest BCUT2D eigenvalue weighted by atomic mass is 16.1. The molecule has 0 heterocycles. The van der Waals surface area contributed by atoms with Crippen molar-refractivity contribution >= 4 is 23.0 Å². The Balaban J connectivity index is 2.24. The van der Waals surface area contributed by atoms with Crippen LogP contribution >= 0.6 is 0 Å². The van der Waals surface area contributed by atoms with Gasteiger partial charge in [0.25, 0.3) is 0 Å². The second-order valence-corrected chi connectivity index (χ2v) is 6.63. The van der Waals surface area contributed by atoms with Crippen molar-refractivity contribution in [3.05, 3.63) is 83.2 Å². The summed E-state index contributed by atoms with van der Waals surface area (Å²) in [6, 6.07) is 14.5. The lowest BCUT2D eigenvalue weighted by atomic mass is 10.0. The normalized spacial score (nSPS) is 10.9. The molecular formula is C24H23N5O. The van der Waals surface area contributed by atoms with E-state index in [-0.39, 0.29) is 12.2 Å². The molecule has 6 heteroatoms. The molecule has 2 N–H and O–H groups in total. The molecule has 0 bridgehead atoms. The summed E-state index contributed by atoms with van der Waals surface area (Å²) in [5, 5.41) is 24.0. The van der Waals surface area contributed by atoms with E-state index in [2.05, 4.69) is 28.3 Å². The number of rotatable bonds is 7. The topological polar surface area (TPSA) is 101 Å². The van der Waals surface area contributed by atoms with Gasteiger partial charge in [-0.05, 0) is 74.4 Å². The number of hydrogen-bond acceptors (Lipinski definition) is 5. The first-order chi connectivity index (χ1) is 14.4. The van der Waals surface area contributed by atoms with Crippen molar-refractivity contribution in [3.63, 3.8) is 0 Å². The van der Waals surface area contributed by atoms with Crippen LogP contribution in [0.3, 0.4) is 0 Å². The number of carbonyl (C=O) groups excluding carboxylic acids is 1. The third-order valence-electron chi connectivity index (χ3n) is 4.23. The predicted octanol–water partition coefficient (Wildman–Crippen LogP) is 5.24. The number of ketones is 1. The first-order valence-corrected chi connectivity index (χ1v) is 9.33. The van der Waals surface area contributed by atoms with Gasteiger partial charge in [-0.1, -0.05) is 12.7 Å². The molecule has 0 saturated carbocycles. The molecule has 0 atom stereocenters. The van der Waals surface area contributed by atoms with E-state index in [0.29, 0.717) is 22.8 Å². The number of nitriles is 2. The zero-order chi connectivity index (χ0) is 22.1. The monoisotopic (exact) mass is 397 g/mol. The molecule has 0 aliphatic rings. The van der Waals surface area contributed by atoms with Crippen LogP contribution in [0.15, 0.2) is 65.9 Å². The molecule has 2 aromatic rings. The summed E-state index contributed by atoms with van der Waals surface area (Å²) in [7, 11) is 0. The van der Waals surface area contributed by atoms with Crippen LogP contribution < -0.4 is 10.6 Å². The lowest BCUT2D eigenvalue weighted by molar-refractivity contribution is 0.0997. The van der Waals surface area contributed by atoms with Crippen LogP contribution in [-0.4, -0.2) is 11.6 Å². The number of Topliss-reactive ketones (excluding diaryl/α,β-unsaturated/α-hetero) is 1. The molecule has 0 aromatic heterocycles. The van der Waals surface area contributed by atoms with Crippen molar-refractivity contribution in [2.24, 2.45) is 4.99 Å². The maximum absolute atomic E-state index is 12.0. The molecule has 2 rings (SSSR count). The zero-order valence-corrected chi connectivity index (χ0v) is 17.3. The number of anilines is 2. The van der Waals surface area contributed by atoms with Crippen molar-refractivity contribution in [2.45, 2.75) is 27.2 Å². The van der Waals surface area contributed by atoms with E-state index in [4.69, 9.17) is 10.5 Å². The third-order valence-corrected chi connectivity index (χ3v) is 4.23. The van der Waals surface area contributed by atoms with Crippen molar-refractivity contribution < 1.29 is 4.79 Å². The molecule has 0 aliphatic heterocycles. The Labute approximate surface area is 176 Å². The standard InChI is InChI=1S/C24H23N5O/c1-5-6-23(28-18(4)27-21-9-7-19(15-26)8-10-21)29-24-16(2)13-20(14-17(24)3)22(30)11-12-25/h5-10,13-14,27H,4,11H2,1-3H3,(H,28,29)/b6-5-. The Morgan fingerprint density at radius 1 is 1.13 bits per heavy atom. The van der Waals surface area contributed by atoms with E-state index in [1.165, 1.54) is 0 Å². The number of hydrogen-bond donors (Lipinski definition) is 2. The smallest absolute Gasteiger partial charge is 0.176 e. The molecule has 0 unspecified atom stereocenters. The zero-order valence-electron chi connectivity index (χ0n) is 17.3. The average Bonchev–Trinajstić information content (AvgIpc) is 2.71. The van der Waals surface area contributed by atoms with Gasteiger partial charge >= 0.3 is 0 Å². The fourth-order valence-corrected chi connectivity index (χ4v) is 2.86. The van der Waals surface area contributed by atoms with E-state index < -0.39 is 0 Å². The molecule has 0 aliphatic carbocycles. The Morgan fingerprint density at radius 3 is 2.30 bits per heavy atom. The predicted molar refractivity (Wildman–Crippen MR) is 120 cm³/mol. The number of nitrogens with zero attached hydrogens (tertiary/aromatic N) is 3. The minimum Gasteiger partial charge on any atom is -0.341 e. The Bertz CT molecular complexity index is 1070. The van der Waals surface area contributed by atoms with Gasteiger partial charge in [0.15, 0.2) is 5.78 Å². The van der Waals surface area contributed by atoms with Crippen LogP contribution in [0.4, 0.5) is 11.4 Å². The van der Waals surface area contributed by atoms with Crippen LogP contribution in [0.2, 0.25) is 0 Å². The lowest BCUT2D eigenvalue weighted by Gasteiger charge is -2.15. The van der Waals surface area contributed by atoms with Crippen LogP contribution in [0.5, 0.6) is 0 Å². The van der Waals surface area contributed by atoms with Crippen LogP contribution in [0, 0.1) is 36.5 Å². The number of allylic oxidation sites excluding steroid dienone is 1. The molecular weight excluding hydrogens is 374 g/mol. The number of carbonyl (C=O) groups is 1. The van der Waals surface area contributed by atoms with E-state index in [0.717, 1.165) is 22.5 Å². The molecule has 150 valence electrons. The first-order valence-electron chi connectivity index (χ1n) is 9.33. The van der Waals surface area contributed by atoms with E-state index in [1.807, 2.05) is 39.0 Å². The second kappa shape index (κ2) is 10.4. The third kappa shape index (κ3) is 5.92. The highest BCUT2D eigenvalue weighted by Crippen LogP contribution is 2.23. The fraction of sp³-hybridized carbons (Fsp3) is 0.167. The van der Waals surface area contributed by atoms with Gasteiger partial charge in [-0.15, -0.1) is 0 Å². The van der Waals surface area contributed by atoms with Crippen molar-refractivity contribution in [1.29, 1.82) is 10.5 Å². The Hall–Kier alpha value is -4.16. The maximum Gasteiger partial charge on any atom is 0.176 e. The molecule has 0 saturated heterocycles. The van der Waals surface area contributed by atoms with Crippen LogP contribution in [0.1, 0.15) is 40.4 Å². The minimum absolute atomic E-state index is 0.141. The summed E-state index contributed by atoms with van der Waals surface area (Å²) in [4.78, 5) is 16.5. The van der Waals surface area contributed by atoms with Gasteiger partial charge in [-0.2, -0.15) is 10.5 Å². The fourth-order valence-electron chi connectivity index (χ4n) is 2.86. The molecule has 0 amide bonds. The number of amidine groups is 1. The van der Waals surface area contributed by atoms with Crippen LogP contribution in [-0.2, 0) is 0 Å². The van der Waals surface area contributed by atoms with Gasteiger partial charge in [-0.25, -0.2) is 4.99 Å². The highest BCUT2D eigenvalue weighted by molar-refractivity contribution is 6.06. The second-order valence-electron chi connectivity index (χ2n) is 6.63. The number of aliphatic imine (C=N–C) groups is 1. The van der Waals surface area contributed by atoms with Gasteiger partial charge in [0, 0.05) is 16.9 Å². The van der Waals surface area contributed by atoms with Gasteiger partial charge in [-0.3, -0.25) is 4.79 Å². The SMILES string of the molecule is C=C(/N=C(\C=C/C)Nc1c(C)cc(C(=O)CC#N)cc1C)Nc1ccc(C#N)cc1. The highest BCUT2D eigenvalue weighted by Gasteiger charge is 2.11. The Kier molecular flexibility index (Phi) is 7.67. The minimum atomic E-state index is -0.197. The van der Waals surface area contributed by atoms with Crippen molar-refractivity contribution in [3.8, 4) is 12.1 Å². The first kappa shape index (κ1) is 22.1. The number of benzene rings is 2. The summed E-state index contributed by atoms with van der Waals surface area (Å²) < 4.78 is 0. The van der Waals surface area contributed by atoms with E-state index in [9.17, 15) is 4.79 Å². The summed E-state index contributed by atoms with van der Waals surface area (Å²) in [5.41, 5.74) is 4.46. The molecule has 30 heavy (non-hydrogen) atoms. The largest absolute Gasteiger partial charge is 0.341 e. The summed E-state index contributed by atoms with van der Waals surface area (Å²) >= 11 is 0. The molecule has 2 aromatic carbocycles. The lowest BCUT2D eigenvalue weighted by Crippen LogP contribution is -2.13. The molecule has 0 fully saturated rings. The maximum atomic E-state index is 12.0. The van der Waals surface area contributed by atoms with Crippen molar-refractivity contribution in [1.82, 2.24) is 0 Å². The Morgan fingerprint density at radius 2 is 1.77 bits per heavy atom. The van der Waals surface area contributed by atoms with Gasteiger partial charge < -0.3 is 10.6 Å². The average molecular weight is 397 g/mol. The van der Waals surface area contributed by atoms with Crippen molar-refractivity contribution in [2.75, 3.05) is 10.6 Å². The summed E-state index contributed by atoms with van der Waals surface area (Å²) in [6.07, 6.45) is 3.54. The number of aryl methyl sites for hydroxylation is 2. The quantitative estimate of drug-likeness (QED) is 0.378. The summed E-state index contributed by atoms with van der Waals surface area (Å²) in [6.45, 7) is 9.63.